The minimum atomic E-state index is 0.199. The summed E-state index contributed by atoms with van der Waals surface area (Å²) in [5, 5.41) is 9.94. The van der Waals surface area contributed by atoms with Crippen molar-refractivity contribution in [1.29, 1.82) is 0 Å². The maximum absolute atomic E-state index is 9.94. The molecule has 3 heteroatoms. The standard InChI is InChI=1S/C22H28O3/c1-6-19-9-7-18(14-22(19)25-5)12-16(3)15(2)11-17-8-10-21(24-4)20(23)13-17/h6-10,13-16,23H,1,11-12H2,2-5H3. The lowest BCUT2D eigenvalue weighted by molar-refractivity contribution is 0.368. The van der Waals surface area contributed by atoms with E-state index < -0.39 is 0 Å². The molecular formula is C22H28O3. The van der Waals surface area contributed by atoms with E-state index in [9.17, 15) is 5.11 Å². The lowest BCUT2D eigenvalue weighted by atomic mass is 9.85. The monoisotopic (exact) mass is 340 g/mol. The number of methoxy groups -OCH3 is 2. The molecule has 0 fully saturated rings. The van der Waals surface area contributed by atoms with Crippen molar-refractivity contribution < 1.29 is 14.6 Å². The van der Waals surface area contributed by atoms with Crippen molar-refractivity contribution >= 4 is 6.08 Å². The third-order valence-corrected chi connectivity index (χ3v) is 4.85. The third kappa shape index (κ3) is 4.79. The molecule has 0 aliphatic rings. The van der Waals surface area contributed by atoms with Gasteiger partial charge in [-0.05, 0) is 54.0 Å². The first kappa shape index (κ1) is 18.9. The number of phenols is 1. The van der Waals surface area contributed by atoms with E-state index in [0.717, 1.165) is 29.7 Å². The Morgan fingerprint density at radius 2 is 1.48 bits per heavy atom. The average molecular weight is 340 g/mol. The molecule has 2 aromatic carbocycles. The number of hydrogen-bond acceptors (Lipinski definition) is 3. The van der Waals surface area contributed by atoms with E-state index in [1.54, 1.807) is 20.3 Å². The van der Waals surface area contributed by atoms with Gasteiger partial charge in [0.2, 0.25) is 0 Å². The zero-order chi connectivity index (χ0) is 18.4. The second-order valence-electron chi connectivity index (χ2n) is 6.65. The van der Waals surface area contributed by atoms with Crippen molar-refractivity contribution in [1.82, 2.24) is 0 Å². The SMILES string of the molecule is C=Cc1ccc(CC(C)C(C)Cc2ccc(OC)c(O)c2)cc1OC. The Balaban J connectivity index is 2.03. The second-order valence-corrected chi connectivity index (χ2v) is 6.65. The van der Waals surface area contributed by atoms with Crippen LogP contribution in [0, 0.1) is 11.8 Å². The average Bonchev–Trinajstić information content (AvgIpc) is 2.61. The molecule has 0 aliphatic carbocycles. The molecule has 0 aromatic heterocycles. The number of benzene rings is 2. The molecule has 0 amide bonds. The molecule has 0 aliphatic heterocycles. The third-order valence-electron chi connectivity index (χ3n) is 4.85. The second kappa shape index (κ2) is 8.61. The fourth-order valence-corrected chi connectivity index (χ4v) is 3.06. The maximum Gasteiger partial charge on any atom is 0.160 e. The summed E-state index contributed by atoms with van der Waals surface area (Å²) in [5.74, 6) is 2.57. The number of rotatable bonds is 8. The molecule has 2 atom stereocenters. The van der Waals surface area contributed by atoms with Gasteiger partial charge in [-0.15, -0.1) is 0 Å². The van der Waals surface area contributed by atoms with Crippen LogP contribution in [0.25, 0.3) is 6.08 Å². The van der Waals surface area contributed by atoms with Crippen molar-refractivity contribution in [2.75, 3.05) is 14.2 Å². The fourth-order valence-electron chi connectivity index (χ4n) is 3.06. The van der Waals surface area contributed by atoms with Crippen LogP contribution >= 0.6 is 0 Å². The Labute approximate surface area is 150 Å². The van der Waals surface area contributed by atoms with Crippen LogP contribution in [0.1, 0.15) is 30.5 Å². The number of phenolic OH excluding ortho intramolecular Hbond substituents is 1. The smallest absolute Gasteiger partial charge is 0.160 e. The van der Waals surface area contributed by atoms with Crippen LogP contribution in [-0.2, 0) is 12.8 Å². The van der Waals surface area contributed by atoms with Crippen molar-refractivity contribution in [3.63, 3.8) is 0 Å². The molecule has 2 unspecified atom stereocenters. The Hall–Kier alpha value is -2.42. The van der Waals surface area contributed by atoms with Crippen LogP contribution < -0.4 is 9.47 Å². The van der Waals surface area contributed by atoms with E-state index in [1.807, 2.05) is 18.2 Å². The van der Waals surface area contributed by atoms with Crippen LogP contribution in [-0.4, -0.2) is 19.3 Å². The van der Waals surface area contributed by atoms with Crippen LogP contribution in [0.5, 0.6) is 17.2 Å². The van der Waals surface area contributed by atoms with Gasteiger partial charge in [-0.25, -0.2) is 0 Å². The first-order valence-electron chi connectivity index (χ1n) is 8.63. The predicted octanol–water partition coefficient (Wildman–Crippen LogP) is 5.11. The molecular weight excluding hydrogens is 312 g/mol. The molecule has 0 spiro atoms. The zero-order valence-electron chi connectivity index (χ0n) is 15.6. The summed E-state index contributed by atoms with van der Waals surface area (Å²) in [7, 11) is 3.25. The van der Waals surface area contributed by atoms with Gasteiger partial charge in [0.05, 0.1) is 14.2 Å². The molecule has 134 valence electrons. The molecule has 2 aromatic rings. The highest BCUT2D eigenvalue weighted by molar-refractivity contribution is 5.56. The first-order chi connectivity index (χ1) is 12.0. The van der Waals surface area contributed by atoms with Gasteiger partial charge >= 0.3 is 0 Å². The summed E-state index contributed by atoms with van der Waals surface area (Å²) in [4.78, 5) is 0. The summed E-state index contributed by atoms with van der Waals surface area (Å²) in [6, 6.07) is 11.9. The highest BCUT2D eigenvalue weighted by Crippen LogP contribution is 2.30. The molecule has 0 saturated heterocycles. The van der Waals surface area contributed by atoms with Gasteiger partial charge in [-0.3, -0.25) is 0 Å². The Kier molecular flexibility index (Phi) is 6.51. The minimum Gasteiger partial charge on any atom is -0.504 e. The van der Waals surface area contributed by atoms with Gasteiger partial charge in [-0.1, -0.05) is 44.7 Å². The summed E-state index contributed by atoms with van der Waals surface area (Å²) in [6.07, 6.45) is 3.71. The van der Waals surface area contributed by atoms with E-state index >= 15 is 0 Å². The quantitative estimate of drug-likeness (QED) is 0.726. The normalized spacial score (nSPS) is 13.1. The minimum absolute atomic E-state index is 0.199. The van der Waals surface area contributed by atoms with Gasteiger partial charge < -0.3 is 14.6 Å². The number of ether oxygens (including phenoxy) is 2. The Bertz CT molecular complexity index is 721. The summed E-state index contributed by atoms with van der Waals surface area (Å²) in [5.41, 5.74) is 3.40. The first-order valence-corrected chi connectivity index (χ1v) is 8.63. The molecule has 0 bridgehead atoms. The van der Waals surface area contributed by atoms with Crippen molar-refractivity contribution in [2.45, 2.75) is 26.7 Å². The van der Waals surface area contributed by atoms with Crippen LogP contribution in [0.4, 0.5) is 0 Å². The molecule has 2 rings (SSSR count). The van der Waals surface area contributed by atoms with Crippen molar-refractivity contribution in [2.24, 2.45) is 11.8 Å². The van der Waals surface area contributed by atoms with Crippen molar-refractivity contribution in [3.8, 4) is 17.2 Å². The molecule has 25 heavy (non-hydrogen) atoms. The summed E-state index contributed by atoms with van der Waals surface area (Å²) < 4.78 is 10.5. The van der Waals surface area contributed by atoms with Gasteiger partial charge in [-0.2, -0.15) is 0 Å². The summed E-state index contributed by atoms with van der Waals surface area (Å²) >= 11 is 0. The zero-order valence-corrected chi connectivity index (χ0v) is 15.6. The largest absolute Gasteiger partial charge is 0.504 e. The lowest BCUT2D eigenvalue weighted by Crippen LogP contribution is -2.13. The maximum atomic E-state index is 9.94. The highest BCUT2D eigenvalue weighted by atomic mass is 16.5. The van der Waals surface area contributed by atoms with Crippen LogP contribution in [0.15, 0.2) is 43.0 Å². The fraction of sp³-hybridized carbons (Fsp3) is 0.364. The predicted molar refractivity (Wildman–Crippen MR) is 103 cm³/mol. The van der Waals surface area contributed by atoms with Crippen molar-refractivity contribution in [3.05, 3.63) is 59.7 Å². The van der Waals surface area contributed by atoms with Gasteiger partial charge in [0.25, 0.3) is 0 Å². The number of aromatic hydroxyl groups is 1. The van der Waals surface area contributed by atoms with E-state index in [2.05, 4.69) is 38.6 Å². The number of hydrogen-bond donors (Lipinski definition) is 1. The lowest BCUT2D eigenvalue weighted by Gasteiger charge is -2.21. The van der Waals surface area contributed by atoms with Gasteiger partial charge in [0.1, 0.15) is 5.75 Å². The van der Waals surface area contributed by atoms with Crippen LogP contribution in [0.2, 0.25) is 0 Å². The van der Waals surface area contributed by atoms with Gasteiger partial charge in [0.15, 0.2) is 11.5 Å². The molecule has 1 N–H and O–H groups in total. The molecule has 0 saturated carbocycles. The van der Waals surface area contributed by atoms with E-state index in [0.29, 0.717) is 17.6 Å². The van der Waals surface area contributed by atoms with E-state index in [1.165, 1.54) is 5.56 Å². The van der Waals surface area contributed by atoms with Crippen LogP contribution in [0.3, 0.4) is 0 Å². The van der Waals surface area contributed by atoms with Gasteiger partial charge in [0, 0.05) is 5.56 Å². The topological polar surface area (TPSA) is 38.7 Å². The van der Waals surface area contributed by atoms with E-state index in [4.69, 9.17) is 9.47 Å². The Morgan fingerprint density at radius 1 is 0.920 bits per heavy atom. The van der Waals surface area contributed by atoms with E-state index in [-0.39, 0.29) is 5.75 Å². The summed E-state index contributed by atoms with van der Waals surface area (Å²) in [6.45, 7) is 8.33. The molecule has 0 radical (unpaired) electrons. The Morgan fingerprint density at radius 3 is 2.00 bits per heavy atom. The molecule has 3 nitrogen and oxygen atoms in total. The highest BCUT2D eigenvalue weighted by Gasteiger charge is 2.15. The molecule has 0 heterocycles.